The zero-order valence-corrected chi connectivity index (χ0v) is 9.07. The van der Waals surface area contributed by atoms with Gasteiger partial charge in [-0.25, -0.2) is 0 Å². The second kappa shape index (κ2) is 4.49. The van der Waals surface area contributed by atoms with E-state index in [9.17, 15) is 0 Å². The van der Waals surface area contributed by atoms with Crippen LogP contribution in [0.5, 0.6) is 0 Å². The zero-order chi connectivity index (χ0) is 10.7. The average molecular weight is 203 g/mol. The minimum Gasteiger partial charge on any atom is -0.496 e. The van der Waals surface area contributed by atoms with Crippen molar-refractivity contribution >= 4 is 0 Å². The normalized spacial score (nSPS) is 17.9. The summed E-state index contributed by atoms with van der Waals surface area (Å²) in [4.78, 5) is 0. The average Bonchev–Trinajstić information content (AvgIpc) is 2.29. The lowest BCUT2D eigenvalue weighted by molar-refractivity contribution is 0.176. The molecule has 2 nitrogen and oxygen atoms in total. The number of nitrogens with two attached hydrogens (primary N) is 1. The van der Waals surface area contributed by atoms with Gasteiger partial charge in [0, 0.05) is 0 Å². The van der Waals surface area contributed by atoms with E-state index in [-0.39, 0.29) is 6.04 Å². The molecule has 1 atom stereocenters. The van der Waals surface area contributed by atoms with Crippen molar-refractivity contribution in [2.75, 3.05) is 6.61 Å². The maximum Gasteiger partial charge on any atom is 0.113 e. The molecule has 1 aliphatic rings. The SMILES string of the molecule is Cc1cccc(C(N)C2=CCCCO2)c1. The summed E-state index contributed by atoms with van der Waals surface area (Å²) in [6, 6.07) is 8.17. The van der Waals surface area contributed by atoms with E-state index in [4.69, 9.17) is 10.5 Å². The van der Waals surface area contributed by atoms with Gasteiger partial charge in [0.25, 0.3) is 0 Å². The van der Waals surface area contributed by atoms with Crippen molar-refractivity contribution in [1.29, 1.82) is 0 Å². The molecule has 0 amide bonds. The van der Waals surface area contributed by atoms with E-state index in [1.807, 2.05) is 6.07 Å². The molecular formula is C13H17NO. The Labute approximate surface area is 90.7 Å². The van der Waals surface area contributed by atoms with Gasteiger partial charge in [0.2, 0.25) is 0 Å². The summed E-state index contributed by atoms with van der Waals surface area (Å²) in [6.07, 6.45) is 4.29. The van der Waals surface area contributed by atoms with Crippen molar-refractivity contribution in [2.45, 2.75) is 25.8 Å². The van der Waals surface area contributed by atoms with Crippen molar-refractivity contribution in [2.24, 2.45) is 5.73 Å². The Kier molecular flexibility index (Phi) is 3.07. The molecule has 2 heteroatoms. The third-order valence-electron chi connectivity index (χ3n) is 2.67. The van der Waals surface area contributed by atoms with Gasteiger partial charge in [0.1, 0.15) is 5.76 Å². The van der Waals surface area contributed by atoms with Crippen LogP contribution in [0.2, 0.25) is 0 Å². The Morgan fingerprint density at radius 1 is 1.40 bits per heavy atom. The highest BCUT2D eigenvalue weighted by atomic mass is 16.5. The molecule has 2 rings (SSSR count). The first-order valence-electron chi connectivity index (χ1n) is 5.42. The molecule has 2 N–H and O–H groups in total. The predicted molar refractivity (Wildman–Crippen MR) is 61.4 cm³/mol. The Hall–Kier alpha value is -1.28. The second-order valence-corrected chi connectivity index (χ2v) is 3.99. The first-order valence-corrected chi connectivity index (χ1v) is 5.42. The quantitative estimate of drug-likeness (QED) is 0.802. The van der Waals surface area contributed by atoms with Gasteiger partial charge >= 0.3 is 0 Å². The Balaban J connectivity index is 2.19. The van der Waals surface area contributed by atoms with Crippen molar-refractivity contribution in [3.05, 3.63) is 47.2 Å². The van der Waals surface area contributed by atoms with E-state index in [1.54, 1.807) is 0 Å². The number of allylic oxidation sites excluding steroid dienone is 1. The number of aryl methyl sites for hydroxylation is 1. The third-order valence-corrected chi connectivity index (χ3v) is 2.67. The largest absolute Gasteiger partial charge is 0.496 e. The summed E-state index contributed by atoms with van der Waals surface area (Å²) in [7, 11) is 0. The first kappa shape index (κ1) is 10.2. The van der Waals surface area contributed by atoms with Crippen molar-refractivity contribution in [3.63, 3.8) is 0 Å². The molecule has 80 valence electrons. The van der Waals surface area contributed by atoms with Gasteiger partial charge in [-0.2, -0.15) is 0 Å². The predicted octanol–water partition coefficient (Wildman–Crippen LogP) is 2.69. The van der Waals surface area contributed by atoms with E-state index in [2.05, 4.69) is 31.2 Å². The van der Waals surface area contributed by atoms with Crippen LogP contribution < -0.4 is 5.73 Å². The van der Waals surface area contributed by atoms with E-state index in [1.165, 1.54) is 5.56 Å². The van der Waals surface area contributed by atoms with Crippen LogP contribution in [0.25, 0.3) is 0 Å². The zero-order valence-electron chi connectivity index (χ0n) is 9.07. The van der Waals surface area contributed by atoms with Crippen LogP contribution in [0.3, 0.4) is 0 Å². The molecule has 0 spiro atoms. The van der Waals surface area contributed by atoms with Crippen LogP contribution in [0.4, 0.5) is 0 Å². The molecule has 15 heavy (non-hydrogen) atoms. The number of hydrogen-bond donors (Lipinski definition) is 1. The van der Waals surface area contributed by atoms with Gasteiger partial charge < -0.3 is 10.5 Å². The van der Waals surface area contributed by atoms with E-state index in [0.29, 0.717) is 0 Å². The number of ether oxygens (including phenoxy) is 1. The van der Waals surface area contributed by atoms with Crippen molar-refractivity contribution < 1.29 is 4.74 Å². The van der Waals surface area contributed by atoms with E-state index < -0.39 is 0 Å². The summed E-state index contributed by atoms with van der Waals surface area (Å²) in [5, 5.41) is 0. The molecule has 0 bridgehead atoms. The molecule has 1 aromatic rings. The van der Waals surface area contributed by atoms with Crippen LogP contribution in [0.1, 0.15) is 30.0 Å². The molecule has 0 aromatic heterocycles. The monoisotopic (exact) mass is 203 g/mol. The number of hydrogen-bond acceptors (Lipinski definition) is 2. The summed E-state index contributed by atoms with van der Waals surface area (Å²) in [6.45, 7) is 2.87. The van der Waals surface area contributed by atoms with Gasteiger partial charge in [0.15, 0.2) is 0 Å². The van der Waals surface area contributed by atoms with E-state index in [0.717, 1.165) is 30.8 Å². The summed E-state index contributed by atoms with van der Waals surface area (Å²) < 4.78 is 5.57. The van der Waals surface area contributed by atoms with Gasteiger partial charge in [0.05, 0.1) is 12.6 Å². The highest BCUT2D eigenvalue weighted by molar-refractivity contribution is 5.29. The summed E-state index contributed by atoms with van der Waals surface area (Å²) in [5.74, 6) is 0.923. The molecule has 1 aromatic carbocycles. The minimum absolute atomic E-state index is 0.106. The smallest absolute Gasteiger partial charge is 0.113 e. The maximum atomic E-state index is 6.15. The fraction of sp³-hybridized carbons (Fsp3) is 0.385. The molecule has 1 unspecified atom stereocenters. The second-order valence-electron chi connectivity index (χ2n) is 3.99. The van der Waals surface area contributed by atoms with Crippen LogP contribution in [0.15, 0.2) is 36.1 Å². The van der Waals surface area contributed by atoms with Gasteiger partial charge in [-0.05, 0) is 31.4 Å². The molecule has 1 aliphatic heterocycles. The van der Waals surface area contributed by atoms with Crippen LogP contribution >= 0.6 is 0 Å². The van der Waals surface area contributed by atoms with Gasteiger partial charge in [-0.1, -0.05) is 29.8 Å². The lowest BCUT2D eigenvalue weighted by Gasteiger charge is -2.21. The Morgan fingerprint density at radius 2 is 2.27 bits per heavy atom. The fourth-order valence-corrected chi connectivity index (χ4v) is 1.82. The summed E-state index contributed by atoms with van der Waals surface area (Å²) >= 11 is 0. The van der Waals surface area contributed by atoms with Gasteiger partial charge in [-0.3, -0.25) is 0 Å². The standard InChI is InChI=1S/C13H17NO/c1-10-5-4-6-11(9-10)13(14)12-7-2-3-8-15-12/h4-7,9,13H,2-3,8,14H2,1H3. The Morgan fingerprint density at radius 3 is 2.93 bits per heavy atom. The van der Waals surface area contributed by atoms with Crippen molar-refractivity contribution in [3.8, 4) is 0 Å². The van der Waals surface area contributed by atoms with Crippen LogP contribution in [-0.4, -0.2) is 6.61 Å². The van der Waals surface area contributed by atoms with Crippen LogP contribution in [-0.2, 0) is 4.74 Å². The minimum atomic E-state index is -0.106. The highest BCUT2D eigenvalue weighted by Gasteiger charge is 2.15. The fourth-order valence-electron chi connectivity index (χ4n) is 1.82. The molecule has 1 heterocycles. The highest BCUT2D eigenvalue weighted by Crippen LogP contribution is 2.24. The molecule has 0 fully saturated rings. The lowest BCUT2D eigenvalue weighted by Crippen LogP contribution is -2.17. The summed E-state index contributed by atoms with van der Waals surface area (Å²) in [5.41, 5.74) is 8.51. The van der Waals surface area contributed by atoms with Gasteiger partial charge in [-0.15, -0.1) is 0 Å². The first-order chi connectivity index (χ1) is 7.27. The topological polar surface area (TPSA) is 35.2 Å². The number of benzene rings is 1. The van der Waals surface area contributed by atoms with Crippen LogP contribution in [0, 0.1) is 6.92 Å². The molecule has 0 aliphatic carbocycles. The van der Waals surface area contributed by atoms with E-state index >= 15 is 0 Å². The molecule has 0 saturated carbocycles. The van der Waals surface area contributed by atoms with Crippen molar-refractivity contribution in [1.82, 2.24) is 0 Å². The molecule has 0 saturated heterocycles. The lowest BCUT2D eigenvalue weighted by atomic mass is 10.0. The molecular weight excluding hydrogens is 186 g/mol. The third kappa shape index (κ3) is 2.39. The number of rotatable bonds is 2. The maximum absolute atomic E-state index is 6.15. The molecule has 0 radical (unpaired) electrons. The Bertz CT molecular complexity index is 371.